The summed E-state index contributed by atoms with van der Waals surface area (Å²) in [6, 6.07) is 3.76. The molecule has 0 aliphatic carbocycles. The first-order valence-corrected chi connectivity index (χ1v) is 8.12. The molecule has 23 heavy (non-hydrogen) atoms. The second-order valence-electron chi connectivity index (χ2n) is 5.35. The van der Waals surface area contributed by atoms with Crippen molar-refractivity contribution in [3.63, 3.8) is 0 Å². The quantitative estimate of drug-likeness (QED) is 0.764. The summed E-state index contributed by atoms with van der Waals surface area (Å²) in [5.41, 5.74) is 0.901. The van der Waals surface area contributed by atoms with Crippen LogP contribution in [0.4, 0.5) is 0 Å². The van der Waals surface area contributed by atoms with Gasteiger partial charge in [-0.25, -0.2) is 0 Å². The zero-order valence-electron chi connectivity index (χ0n) is 13.9. The van der Waals surface area contributed by atoms with Crippen molar-refractivity contribution >= 4 is 5.97 Å². The third-order valence-electron chi connectivity index (χ3n) is 3.89. The zero-order valence-corrected chi connectivity index (χ0v) is 13.9. The Bertz CT molecular complexity index is 519. The van der Waals surface area contributed by atoms with Crippen molar-refractivity contribution in [3.05, 3.63) is 17.7 Å². The van der Waals surface area contributed by atoms with Crippen LogP contribution in [0.1, 0.15) is 32.3 Å². The van der Waals surface area contributed by atoms with Gasteiger partial charge in [0, 0.05) is 19.0 Å². The Hall–Kier alpha value is -1.95. The fourth-order valence-electron chi connectivity index (χ4n) is 2.91. The second-order valence-corrected chi connectivity index (χ2v) is 5.35. The molecule has 0 bridgehead atoms. The van der Waals surface area contributed by atoms with E-state index in [-0.39, 0.29) is 5.92 Å². The Balaban J connectivity index is 2.45. The summed E-state index contributed by atoms with van der Waals surface area (Å²) >= 11 is 0. The average molecular weight is 323 g/mol. The molecule has 0 spiro atoms. The van der Waals surface area contributed by atoms with Gasteiger partial charge in [0.15, 0.2) is 11.5 Å². The molecule has 1 heterocycles. The first-order valence-electron chi connectivity index (χ1n) is 8.12. The number of carboxylic acid groups (broad SMARTS) is 1. The molecule has 2 unspecified atom stereocenters. The molecule has 0 radical (unpaired) electrons. The smallest absolute Gasteiger partial charge is 0.308 e. The summed E-state index contributed by atoms with van der Waals surface area (Å²) in [4.78, 5) is 11.4. The summed E-state index contributed by atoms with van der Waals surface area (Å²) < 4.78 is 17.1. The van der Waals surface area contributed by atoms with Gasteiger partial charge in [0.25, 0.3) is 0 Å². The van der Waals surface area contributed by atoms with Crippen LogP contribution in [0.25, 0.3) is 0 Å². The lowest BCUT2D eigenvalue weighted by atomic mass is 9.88. The molecule has 1 aromatic carbocycles. The zero-order chi connectivity index (χ0) is 16.8. The van der Waals surface area contributed by atoms with E-state index in [1.807, 2.05) is 32.9 Å². The van der Waals surface area contributed by atoms with Crippen LogP contribution >= 0.6 is 0 Å². The Morgan fingerprint density at radius 1 is 1.09 bits per heavy atom. The number of hydrogen-bond acceptors (Lipinski definition) is 5. The van der Waals surface area contributed by atoms with Gasteiger partial charge in [0.1, 0.15) is 0 Å². The fraction of sp³-hybridized carbons (Fsp3) is 0.588. The summed E-state index contributed by atoms with van der Waals surface area (Å²) in [6.45, 7) is 8.31. The van der Waals surface area contributed by atoms with Crippen molar-refractivity contribution in [1.82, 2.24) is 5.32 Å². The Morgan fingerprint density at radius 2 is 1.65 bits per heavy atom. The molecular formula is C17H25NO5. The van der Waals surface area contributed by atoms with Gasteiger partial charge in [0.2, 0.25) is 5.75 Å². The molecule has 2 rings (SSSR count). The molecule has 0 saturated carbocycles. The average Bonchev–Trinajstić information content (AvgIpc) is 3.00. The molecule has 1 aliphatic heterocycles. The minimum absolute atomic E-state index is 0.110. The number of rotatable bonds is 8. The van der Waals surface area contributed by atoms with Crippen LogP contribution < -0.4 is 19.5 Å². The minimum atomic E-state index is -0.787. The molecule has 1 saturated heterocycles. The number of carbonyl (C=O) groups is 1. The second kappa shape index (κ2) is 8.06. The Morgan fingerprint density at radius 3 is 2.13 bits per heavy atom. The monoisotopic (exact) mass is 323 g/mol. The van der Waals surface area contributed by atoms with Gasteiger partial charge in [-0.15, -0.1) is 0 Å². The molecule has 0 amide bonds. The van der Waals surface area contributed by atoms with Crippen molar-refractivity contribution in [2.45, 2.75) is 26.7 Å². The highest BCUT2D eigenvalue weighted by molar-refractivity contribution is 5.72. The van der Waals surface area contributed by atoms with Crippen LogP contribution in [0.5, 0.6) is 17.2 Å². The topological polar surface area (TPSA) is 77.0 Å². The largest absolute Gasteiger partial charge is 0.490 e. The van der Waals surface area contributed by atoms with Gasteiger partial charge in [-0.1, -0.05) is 0 Å². The summed E-state index contributed by atoms with van der Waals surface area (Å²) in [6.07, 6.45) is 0. The van der Waals surface area contributed by atoms with Gasteiger partial charge >= 0.3 is 5.97 Å². The Labute approximate surface area is 136 Å². The third kappa shape index (κ3) is 3.88. The number of hydrogen-bond donors (Lipinski definition) is 2. The highest BCUT2D eigenvalue weighted by Gasteiger charge is 2.35. The van der Waals surface area contributed by atoms with Crippen molar-refractivity contribution in [2.75, 3.05) is 32.9 Å². The highest BCUT2D eigenvalue weighted by Crippen LogP contribution is 2.42. The van der Waals surface area contributed by atoms with Crippen LogP contribution in [0, 0.1) is 5.92 Å². The van der Waals surface area contributed by atoms with E-state index in [4.69, 9.17) is 14.2 Å². The normalized spacial score (nSPS) is 20.3. The number of carboxylic acids is 1. The van der Waals surface area contributed by atoms with E-state index in [0.29, 0.717) is 50.2 Å². The van der Waals surface area contributed by atoms with E-state index >= 15 is 0 Å². The van der Waals surface area contributed by atoms with E-state index < -0.39 is 11.9 Å². The lowest BCUT2D eigenvalue weighted by molar-refractivity contribution is -0.141. The molecule has 0 aromatic heterocycles. The standard InChI is InChI=1S/C17H25NO5/c1-4-21-14-7-11(12-9-18-10-13(12)17(19)20)8-15(22-5-2)16(14)23-6-3/h7-8,12-13,18H,4-6,9-10H2,1-3H3,(H,19,20). The van der Waals surface area contributed by atoms with Crippen LogP contribution in [0.3, 0.4) is 0 Å². The molecule has 2 atom stereocenters. The summed E-state index contributed by atoms with van der Waals surface area (Å²) in [7, 11) is 0. The number of benzene rings is 1. The van der Waals surface area contributed by atoms with Crippen molar-refractivity contribution in [3.8, 4) is 17.2 Å². The molecule has 1 fully saturated rings. The van der Waals surface area contributed by atoms with Crippen LogP contribution in [-0.2, 0) is 4.79 Å². The lowest BCUT2D eigenvalue weighted by Gasteiger charge is -2.21. The van der Waals surface area contributed by atoms with Crippen molar-refractivity contribution < 1.29 is 24.1 Å². The SMILES string of the molecule is CCOc1cc(C2CNCC2C(=O)O)cc(OCC)c1OCC. The van der Waals surface area contributed by atoms with E-state index in [0.717, 1.165) is 5.56 Å². The summed E-state index contributed by atoms with van der Waals surface area (Å²) in [5, 5.41) is 12.6. The van der Waals surface area contributed by atoms with Crippen LogP contribution in [-0.4, -0.2) is 44.0 Å². The van der Waals surface area contributed by atoms with Crippen LogP contribution in [0.15, 0.2) is 12.1 Å². The Kier molecular flexibility index (Phi) is 6.10. The van der Waals surface area contributed by atoms with Crippen LogP contribution in [0.2, 0.25) is 0 Å². The van der Waals surface area contributed by atoms with Gasteiger partial charge in [0.05, 0.1) is 25.7 Å². The predicted octanol–water partition coefficient (Wildman–Crippen LogP) is 2.27. The molecule has 1 aliphatic rings. The first-order chi connectivity index (χ1) is 11.1. The molecule has 2 N–H and O–H groups in total. The maximum Gasteiger partial charge on any atom is 0.308 e. The van der Waals surface area contributed by atoms with E-state index in [1.54, 1.807) is 0 Å². The van der Waals surface area contributed by atoms with E-state index in [1.165, 1.54) is 0 Å². The highest BCUT2D eigenvalue weighted by atomic mass is 16.5. The molecule has 128 valence electrons. The molecule has 1 aromatic rings. The number of nitrogens with one attached hydrogen (secondary N) is 1. The summed E-state index contributed by atoms with van der Waals surface area (Å²) in [5.74, 6) is 0.443. The molecule has 6 nitrogen and oxygen atoms in total. The molecular weight excluding hydrogens is 298 g/mol. The van der Waals surface area contributed by atoms with Crippen molar-refractivity contribution in [1.29, 1.82) is 0 Å². The minimum Gasteiger partial charge on any atom is -0.490 e. The van der Waals surface area contributed by atoms with Gasteiger partial charge < -0.3 is 24.6 Å². The van der Waals surface area contributed by atoms with Gasteiger partial charge in [-0.2, -0.15) is 0 Å². The number of ether oxygens (including phenoxy) is 3. The van der Waals surface area contributed by atoms with Crippen molar-refractivity contribution in [2.24, 2.45) is 5.92 Å². The lowest BCUT2D eigenvalue weighted by Crippen LogP contribution is -2.21. The first kappa shape index (κ1) is 17.4. The maximum absolute atomic E-state index is 11.4. The van der Waals surface area contributed by atoms with Gasteiger partial charge in [-0.05, 0) is 38.5 Å². The fourth-order valence-corrected chi connectivity index (χ4v) is 2.91. The van der Waals surface area contributed by atoms with E-state index in [2.05, 4.69) is 5.32 Å². The third-order valence-corrected chi connectivity index (χ3v) is 3.89. The number of aliphatic carboxylic acids is 1. The maximum atomic E-state index is 11.4. The molecule has 6 heteroatoms. The predicted molar refractivity (Wildman–Crippen MR) is 86.7 cm³/mol. The van der Waals surface area contributed by atoms with Gasteiger partial charge in [-0.3, -0.25) is 4.79 Å². The van der Waals surface area contributed by atoms with E-state index in [9.17, 15) is 9.90 Å².